The van der Waals surface area contributed by atoms with Crippen molar-refractivity contribution in [3.05, 3.63) is 78.5 Å². The van der Waals surface area contributed by atoms with Crippen LogP contribution >= 0.6 is 0 Å². The largest absolute Gasteiger partial charge is 0.491 e. The SMILES string of the molecule is O=C(Nc1cc2cccnc2[nH]1)N(CCCCN1CCN(c2cccc3c2OCCCC3)CC1)S(=O)(=O)c1ccccc1. The van der Waals surface area contributed by atoms with Crippen molar-refractivity contribution in [3.8, 4) is 5.75 Å². The number of para-hydroxylation sites is 1. The first-order chi connectivity index (χ1) is 21.0. The number of anilines is 2. The summed E-state index contributed by atoms with van der Waals surface area (Å²) < 4.78 is 34.2. The van der Waals surface area contributed by atoms with Gasteiger partial charge in [-0.1, -0.05) is 30.3 Å². The number of benzene rings is 2. The van der Waals surface area contributed by atoms with Crippen LogP contribution < -0.4 is 15.0 Å². The van der Waals surface area contributed by atoms with Crippen LogP contribution in [0.3, 0.4) is 0 Å². The second kappa shape index (κ2) is 13.0. The average molecular weight is 603 g/mol. The maximum absolute atomic E-state index is 13.5. The molecule has 6 rings (SSSR count). The third-order valence-corrected chi connectivity index (χ3v) is 9.95. The number of rotatable bonds is 9. The van der Waals surface area contributed by atoms with Gasteiger partial charge in [0.05, 0.1) is 17.2 Å². The summed E-state index contributed by atoms with van der Waals surface area (Å²) in [7, 11) is -4.04. The van der Waals surface area contributed by atoms with Gasteiger partial charge in [-0.25, -0.2) is 22.5 Å². The summed E-state index contributed by atoms with van der Waals surface area (Å²) >= 11 is 0. The number of aromatic nitrogens is 2. The highest BCUT2D eigenvalue weighted by Gasteiger charge is 2.30. The van der Waals surface area contributed by atoms with Crippen LogP contribution in [-0.4, -0.2) is 79.5 Å². The molecule has 2 amide bonds. The van der Waals surface area contributed by atoms with Gasteiger partial charge in [0.15, 0.2) is 0 Å². The zero-order valence-electron chi connectivity index (χ0n) is 24.2. The summed E-state index contributed by atoms with van der Waals surface area (Å²) in [5, 5.41) is 3.55. The number of aryl methyl sites for hydroxylation is 1. The molecule has 0 atom stereocenters. The van der Waals surface area contributed by atoms with E-state index >= 15 is 0 Å². The Morgan fingerprint density at radius 2 is 1.81 bits per heavy atom. The molecule has 0 radical (unpaired) electrons. The van der Waals surface area contributed by atoms with Crippen molar-refractivity contribution in [2.45, 2.75) is 37.0 Å². The molecule has 2 aliphatic heterocycles. The van der Waals surface area contributed by atoms with Crippen LogP contribution in [0.5, 0.6) is 5.75 Å². The van der Waals surface area contributed by atoms with E-state index in [1.54, 1.807) is 36.5 Å². The molecule has 0 spiro atoms. The van der Waals surface area contributed by atoms with E-state index in [1.807, 2.05) is 6.07 Å². The Hall–Kier alpha value is -4.09. The Labute approximate surface area is 252 Å². The first-order valence-corrected chi connectivity index (χ1v) is 16.5. The van der Waals surface area contributed by atoms with Gasteiger partial charge in [0.2, 0.25) is 0 Å². The molecule has 4 heterocycles. The number of pyridine rings is 1. The summed E-state index contributed by atoms with van der Waals surface area (Å²) in [6.07, 6.45) is 6.30. The third-order valence-electron chi connectivity index (χ3n) is 8.15. The van der Waals surface area contributed by atoms with Crippen molar-refractivity contribution < 1.29 is 17.9 Å². The fourth-order valence-corrected chi connectivity index (χ4v) is 7.22. The molecule has 2 aliphatic rings. The van der Waals surface area contributed by atoms with Gasteiger partial charge in [0.25, 0.3) is 10.0 Å². The van der Waals surface area contributed by atoms with Crippen LogP contribution in [0.2, 0.25) is 0 Å². The number of urea groups is 1. The van der Waals surface area contributed by atoms with Crippen LogP contribution in [0.25, 0.3) is 11.0 Å². The maximum atomic E-state index is 13.5. The molecule has 10 nitrogen and oxygen atoms in total. The molecule has 2 aromatic carbocycles. The summed E-state index contributed by atoms with van der Waals surface area (Å²) in [6.45, 7) is 5.36. The Kier molecular flexibility index (Phi) is 8.80. The van der Waals surface area contributed by atoms with Gasteiger partial charge < -0.3 is 14.6 Å². The van der Waals surface area contributed by atoms with E-state index in [2.05, 4.69) is 43.3 Å². The molecule has 4 aromatic rings. The van der Waals surface area contributed by atoms with Gasteiger partial charge in [-0.05, 0) is 80.6 Å². The lowest BCUT2D eigenvalue weighted by Gasteiger charge is -2.37. The predicted octanol–water partition coefficient (Wildman–Crippen LogP) is 5.10. The highest BCUT2D eigenvalue weighted by atomic mass is 32.2. The molecular formula is C32H38N6O4S. The van der Waals surface area contributed by atoms with Crippen LogP contribution in [-0.2, 0) is 16.4 Å². The number of nitrogens with one attached hydrogen (secondary N) is 2. The van der Waals surface area contributed by atoms with Crippen molar-refractivity contribution in [1.82, 2.24) is 19.2 Å². The predicted molar refractivity (Wildman–Crippen MR) is 168 cm³/mol. The van der Waals surface area contributed by atoms with Gasteiger partial charge in [0, 0.05) is 44.3 Å². The Balaban J connectivity index is 1.06. The molecule has 2 N–H and O–H groups in total. The number of ether oxygens (including phenoxy) is 1. The van der Waals surface area contributed by atoms with Gasteiger partial charge in [-0.15, -0.1) is 0 Å². The van der Waals surface area contributed by atoms with E-state index in [4.69, 9.17) is 4.74 Å². The molecule has 1 fully saturated rings. The number of carbonyl (C=O) groups excluding carboxylic acids is 1. The number of carbonyl (C=O) groups is 1. The van der Waals surface area contributed by atoms with E-state index in [9.17, 15) is 13.2 Å². The second-order valence-electron chi connectivity index (χ2n) is 11.1. The lowest BCUT2D eigenvalue weighted by molar-refractivity contribution is 0.230. The quantitative estimate of drug-likeness (QED) is 0.257. The number of hydrogen-bond donors (Lipinski definition) is 2. The first kappa shape index (κ1) is 29.0. The number of aromatic amines is 1. The van der Waals surface area contributed by atoms with E-state index in [-0.39, 0.29) is 11.4 Å². The Bertz CT molecular complexity index is 1620. The van der Waals surface area contributed by atoms with Crippen LogP contribution in [0.4, 0.5) is 16.3 Å². The van der Waals surface area contributed by atoms with Gasteiger partial charge in [-0.3, -0.25) is 10.2 Å². The number of piperazine rings is 1. The number of amides is 2. The van der Waals surface area contributed by atoms with Gasteiger partial charge in [0.1, 0.15) is 17.2 Å². The number of nitrogens with zero attached hydrogens (tertiary/aromatic N) is 4. The third kappa shape index (κ3) is 6.62. The normalized spacial score (nSPS) is 15.9. The number of sulfonamides is 1. The number of fused-ring (bicyclic) bond motifs is 2. The van der Waals surface area contributed by atoms with E-state index < -0.39 is 16.1 Å². The molecule has 2 aromatic heterocycles. The minimum absolute atomic E-state index is 0.0784. The molecule has 0 bridgehead atoms. The number of unbranched alkanes of at least 4 members (excludes halogenated alkanes) is 1. The Morgan fingerprint density at radius 1 is 0.977 bits per heavy atom. The lowest BCUT2D eigenvalue weighted by atomic mass is 10.1. The lowest BCUT2D eigenvalue weighted by Crippen LogP contribution is -2.47. The maximum Gasteiger partial charge on any atom is 0.336 e. The molecule has 0 aliphatic carbocycles. The van der Waals surface area contributed by atoms with Crippen LogP contribution in [0.1, 0.15) is 31.2 Å². The zero-order chi connectivity index (χ0) is 29.6. The number of H-pyrrole nitrogens is 1. The molecular weight excluding hydrogens is 564 g/mol. The molecule has 226 valence electrons. The smallest absolute Gasteiger partial charge is 0.336 e. The fourth-order valence-electron chi connectivity index (χ4n) is 5.83. The van der Waals surface area contributed by atoms with Crippen molar-refractivity contribution >= 4 is 38.6 Å². The first-order valence-electron chi connectivity index (χ1n) is 15.0. The minimum atomic E-state index is -4.04. The molecule has 1 saturated heterocycles. The summed E-state index contributed by atoms with van der Waals surface area (Å²) in [5.41, 5.74) is 3.11. The average Bonchev–Trinajstić information content (AvgIpc) is 3.28. The summed E-state index contributed by atoms with van der Waals surface area (Å²) in [6, 6.07) is 19.3. The van der Waals surface area contributed by atoms with Crippen molar-refractivity contribution in [2.24, 2.45) is 0 Å². The van der Waals surface area contributed by atoms with E-state index in [0.717, 1.165) is 80.5 Å². The van der Waals surface area contributed by atoms with Gasteiger partial charge in [-0.2, -0.15) is 0 Å². The summed E-state index contributed by atoms with van der Waals surface area (Å²) in [4.78, 5) is 25.6. The highest BCUT2D eigenvalue weighted by Crippen LogP contribution is 2.35. The molecule has 11 heteroatoms. The van der Waals surface area contributed by atoms with Crippen molar-refractivity contribution in [1.29, 1.82) is 0 Å². The van der Waals surface area contributed by atoms with Crippen LogP contribution in [0, 0.1) is 0 Å². The van der Waals surface area contributed by atoms with E-state index in [1.165, 1.54) is 23.4 Å². The van der Waals surface area contributed by atoms with Crippen molar-refractivity contribution in [2.75, 3.05) is 56.1 Å². The highest BCUT2D eigenvalue weighted by molar-refractivity contribution is 7.89. The van der Waals surface area contributed by atoms with Crippen molar-refractivity contribution in [3.63, 3.8) is 0 Å². The molecule has 0 unspecified atom stereocenters. The second-order valence-corrected chi connectivity index (χ2v) is 12.9. The Morgan fingerprint density at radius 3 is 2.63 bits per heavy atom. The van der Waals surface area contributed by atoms with Crippen LogP contribution in [0.15, 0.2) is 77.8 Å². The standard InChI is InChI=1S/C32H38N6O4S/c39-32(35-29-24-26-12-9-16-33-31(26)34-29)38(43(40,41)27-13-2-1-3-14-27)18-6-5-17-36-19-21-37(22-20-36)28-15-8-11-25-10-4-7-23-42-30(25)28/h1-3,8-9,11-16,24H,4-7,10,17-23H2,(H,33,34)(H,35,39). The van der Waals surface area contributed by atoms with E-state index in [0.29, 0.717) is 17.9 Å². The fraction of sp³-hybridized carbons (Fsp3) is 0.375. The summed E-state index contributed by atoms with van der Waals surface area (Å²) in [5.74, 6) is 1.45. The monoisotopic (exact) mass is 602 g/mol. The number of hydrogen-bond acceptors (Lipinski definition) is 7. The van der Waals surface area contributed by atoms with Gasteiger partial charge >= 0.3 is 6.03 Å². The topological polar surface area (TPSA) is 111 Å². The minimum Gasteiger partial charge on any atom is -0.491 e. The molecule has 43 heavy (non-hydrogen) atoms. The zero-order valence-corrected chi connectivity index (χ0v) is 25.1. The molecule has 0 saturated carbocycles.